The first-order chi connectivity index (χ1) is 15.1. The molecule has 0 unspecified atom stereocenters. The van der Waals surface area contributed by atoms with Gasteiger partial charge >= 0.3 is 18.2 Å². The van der Waals surface area contributed by atoms with Gasteiger partial charge in [0.2, 0.25) is 0 Å². The van der Waals surface area contributed by atoms with Gasteiger partial charge in [-0.2, -0.15) is 22.6 Å². The van der Waals surface area contributed by atoms with Crippen molar-refractivity contribution in [2.75, 3.05) is 6.54 Å². The molecule has 4 rings (SSSR count). The molecule has 0 spiro atoms. The molecule has 6 nitrogen and oxygen atoms in total. The van der Waals surface area contributed by atoms with Crippen LogP contribution in [0.25, 0.3) is 5.69 Å². The number of hydrogen-bond donors (Lipinski definition) is 0. The first-order valence-corrected chi connectivity index (χ1v) is 11.1. The van der Waals surface area contributed by atoms with Crippen LogP contribution in [0.15, 0.2) is 46.9 Å². The summed E-state index contributed by atoms with van der Waals surface area (Å²) in [5.74, 6) is -1.06. The molecule has 3 heterocycles. The molecular formula is C20H17F4N3O3S2. The number of thiophene rings is 1. The van der Waals surface area contributed by atoms with E-state index in [0.29, 0.717) is 23.6 Å². The minimum absolute atomic E-state index is 0.297. The minimum Gasteiger partial charge on any atom is -0.421 e. The number of amides is 2. The van der Waals surface area contributed by atoms with Crippen LogP contribution >= 0.6 is 22.7 Å². The van der Waals surface area contributed by atoms with Crippen molar-refractivity contribution in [3.63, 3.8) is 0 Å². The van der Waals surface area contributed by atoms with Crippen molar-refractivity contribution in [1.29, 1.82) is 0 Å². The highest BCUT2D eigenvalue weighted by atomic mass is 32.1. The summed E-state index contributed by atoms with van der Waals surface area (Å²) in [5, 5.41) is 1.92. The Labute approximate surface area is 188 Å². The van der Waals surface area contributed by atoms with Crippen LogP contribution in [-0.2, 0) is 6.54 Å². The molecule has 0 fully saturated rings. The molecule has 0 aliphatic carbocycles. The summed E-state index contributed by atoms with van der Waals surface area (Å²) in [6.45, 7) is 4.48. The van der Waals surface area contributed by atoms with E-state index >= 15 is 0 Å². The van der Waals surface area contributed by atoms with Crippen LogP contribution < -0.4 is 14.3 Å². The average molecular weight is 488 g/mol. The number of rotatable bonds is 4. The van der Waals surface area contributed by atoms with Crippen molar-refractivity contribution < 1.29 is 31.8 Å². The molecule has 12 heteroatoms. The number of halogens is 4. The third-order valence-corrected chi connectivity index (χ3v) is 6.32. The molecule has 0 saturated carbocycles. The average Bonchev–Trinajstić information content (AvgIpc) is 3.35. The molecule has 2 aromatic heterocycles. The van der Waals surface area contributed by atoms with Crippen LogP contribution in [0.1, 0.15) is 16.7 Å². The van der Waals surface area contributed by atoms with Crippen LogP contribution in [0.2, 0.25) is 0 Å². The third-order valence-electron chi connectivity index (χ3n) is 4.56. The van der Waals surface area contributed by atoms with Crippen molar-refractivity contribution in [2.45, 2.75) is 32.6 Å². The van der Waals surface area contributed by atoms with Crippen LogP contribution in [0.3, 0.4) is 0 Å². The standard InChI is InChI=1S/C20H17F4N3O3S2/c1-3-26(11-14-5-4-8-31-14)17(28)25-18-27(10-12(2)32-18)13-6-7-15-16(9-13)30-20(23,24)19(21,22)29-15/h4-10H,3,11H2,1-2H3/b25-18-. The van der Waals surface area contributed by atoms with Gasteiger partial charge in [0.05, 0.1) is 12.2 Å². The number of benzene rings is 1. The highest BCUT2D eigenvalue weighted by molar-refractivity contribution is 7.10. The van der Waals surface area contributed by atoms with E-state index in [9.17, 15) is 22.4 Å². The van der Waals surface area contributed by atoms with E-state index in [-0.39, 0.29) is 0 Å². The molecule has 0 N–H and O–H groups in total. The predicted molar refractivity (Wildman–Crippen MR) is 111 cm³/mol. The van der Waals surface area contributed by atoms with Gasteiger partial charge in [-0.25, -0.2) is 4.79 Å². The second-order valence-corrected chi connectivity index (χ2v) is 9.10. The molecule has 32 heavy (non-hydrogen) atoms. The number of thiazole rings is 1. The largest absolute Gasteiger partial charge is 0.507 e. The Morgan fingerprint density at radius 1 is 1.16 bits per heavy atom. The van der Waals surface area contributed by atoms with E-state index in [2.05, 4.69) is 14.5 Å². The highest BCUT2D eigenvalue weighted by Crippen LogP contribution is 2.47. The van der Waals surface area contributed by atoms with Gasteiger partial charge in [-0.3, -0.25) is 4.57 Å². The molecule has 0 bridgehead atoms. The van der Waals surface area contributed by atoms with E-state index in [4.69, 9.17) is 0 Å². The Hall–Kier alpha value is -2.86. The number of ether oxygens (including phenoxy) is 2. The van der Waals surface area contributed by atoms with Gasteiger partial charge in [-0.15, -0.1) is 22.7 Å². The van der Waals surface area contributed by atoms with Crippen molar-refractivity contribution >= 4 is 28.7 Å². The first kappa shape index (κ1) is 22.3. The Morgan fingerprint density at radius 2 is 1.88 bits per heavy atom. The number of hydrogen-bond acceptors (Lipinski definition) is 5. The summed E-state index contributed by atoms with van der Waals surface area (Å²) < 4.78 is 63.7. The first-order valence-electron chi connectivity index (χ1n) is 9.43. The van der Waals surface area contributed by atoms with E-state index in [1.807, 2.05) is 24.4 Å². The summed E-state index contributed by atoms with van der Waals surface area (Å²) in [6.07, 6.45) is -7.95. The molecule has 1 aromatic carbocycles. The Bertz CT molecular complexity index is 1210. The van der Waals surface area contributed by atoms with E-state index in [1.165, 1.54) is 33.3 Å². The molecule has 2 amide bonds. The molecule has 170 valence electrons. The summed E-state index contributed by atoms with van der Waals surface area (Å²) in [7, 11) is 0. The number of urea groups is 1. The van der Waals surface area contributed by atoms with Gasteiger partial charge < -0.3 is 14.4 Å². The summed E-state index contributed by atoms with van der Waals surface area (Å²) >= 11 is 2.75. The predicted octanol–water partition coefficient (Wildman–Crippen LogP) is 5.41. The minimum atomic E-state index is -4.82. The zero-order valence-electron chi connectivity index (χ0n) is 16.9. The molecule has 3 aromatic rings. The van der Waals surface area contributed by atoms with Gasteiger partial charge in [0.25, 0.3) is 0 Å². The number of alkyl halides is 4. The lowest BCUT2D eigenvalue weighted by Gasteiger charge is -2.31. The van der Waals surface area contributed by atoms with E-state index in [0.717, 1.165) is 21.9 Å². The summed E-state index contributed by atoms with van der Waals surface area (Å²) in [4.78, 5) is 20.7. The number of carbonyl (C=O) groups is 1. The van der Waals surface area contributed by atoms with E-state index < -0.39 is 29.7 Å². The maximum Gasteiger partial charge on any atom is 0.507 e. The topological polar surface area (TPSA) is 56.1 Å². The molecule has 0 atom stereocenters. The second-order valence-electron chi connectivity index (χ2n) is 6.85. The van der Waals surface area contributed by atoms with E-state index in [1.54, 1.807) is 18.0 Å². The van der Waals surface area contributed by atoms with Gasteiger partial charge in [-0.05, 0) is 37.4 Å². The fourth-order valence-electron chi connectivity index (χ4n) is 2.98. The van der Waals surface area contributed by atoms with Crippen LogP contribution in [0.5, 0.6) is 11.5 Å². The smallest absolute Gasteiger partial charge is 0.421 e. The summed E-state index contributed by atoms with van der Waals surface area (Å²) in [6, 6.07) is 6.99. The highest BCUT2D eigenvalue weighted by Gasteiger charge is 2.65. The van der Waals surface area contributed by atoms with Crippen molar-refractivity contribution in [3.8, 4) is 17.2 Å². The zero-order chi connectivity index (χ0) is 23.1. The normalized spacial score (nSPS) is 16.8. The van der Waals surface area contributed by atoms with Gasteiger partial charge in [0, 0.05) is 28.6 Å². The Kier molecular flexibility index (Phi) is 5.76. The number of nitrogens with zero attached hydrogens (tertiary/aromatic N) is 3. The lowest BCUT2D eigenvalue weighted by molar-refractivity contribution is -0.391. The molecule has 0 saturated heterocycles. The van der Waals surface area contributed by atoms with Crippen molar-refractivity contribution in [1.82, 2.24) is 9.47 Å². The van der Waals surface area contributed by atoms with Crippen LogP contribution in [0, 0.1) is 6.92 Å². The maximum absolute atomic E-state index is 13.6. The number of aryl methyl sites for hydroxylation is 1. The van der Waals surface area contributed by atoms with Crippen LogP contribution in [0.4, 0.5) is 22.4 Å². The molecule has 1 aliphatic heterocycles. The fourth-order valence-corrected chi connectivity index (χ4v) is 4.53. The lowest BCUT2D eigenvalue weighted by atomic mass is 10.2. The maximum atomic E-state index is 13.6. The zero-order valence-corrected chi connectivity index (χ0v) is 18.5. The quantitative estimate of drug-likeness (QED) is 0.463. The number of fused-ring (bicyclic) bond motifs is 1. The fraction of sp³-hybridized carbons (Fsp3) is 0.300. The monoisotopic (exact) mass is 487 g/mol. The Morgan fingerprint density at radius 3 is 2.53 bits per heavy atom. The molecular weight excluding hydrogens is 470 g/mol. The number of aromatic nitrogens is 1. The van der Waals surface area contributed by atoms with Crippen molar-refractivity contribution in [3.05, 3.63) is 56.5 Å². The Balaban J connectivity index is 1.68. The molecule has 1 aliphatic rings. The SMILES string of the molecule is CCN(Cc1cccs1)C(=O)/N=c1\sc(C)cn1-c1ccc2c(c1)OC(F)(F)C(F)(F)O2. The van der Waals surface area contributed by atoms with Gasteiger partial charge in [0.15, 0.2) is 16.3 Å². The molecule has 0 radical (unpaired) electrons. The third kappa shape index (κ3) is 4.24. The lowest BCUT2D eigenvalue weighted by Crippen LogP contribution is -2.52. The number of carbonyl (C=O) groups excluding carboxylic acids is 1. The van der Waals surface area contributed by atoms with Crippen LogP contribution in [-0.4, -0.2) is 34.3 Å². The summed E-state index contributed by atoms with van der Waals surface area (Å²) in [5.41, 5.74) is 0.297. The van der Waals surface area contributed by atoms with Gasteiger partial charge in [-0.1, -0.05) is 6.07 Å². The van der Waals surface area contributed by atoms with Gasteiger partial charge in [0.1, 0.15) is 0 Å². The van der Waals surface area contributed by atoms with Crippen molar-refractivity contribution in [2.24, 2.45) is 4.99 Å². The second kappa shape index (κ2) is 8.24.